The van der Waals surface area contributed by atoms with Gasteiger partial charge in [0.15, 0.2) is 0 Å². The molecule has 0 saturated heterocycles. The van der Waals surface area contributed by atoms with E-state index in [1.807, 2.05) is 12.1 Å². The zero-order chi connectivity index (χ0) is 25.1. The zero-order valence-corrected chi connectivity index (χ0v) is 20.2. The van der Waals surface area contributed by atoms with E-state index in [9.17, 15) is 4.39 Å². The first-order valence-electron chi connectivity index (χ1n) is 12.9. The molecule has 7 aromatic carbocycles. The largest absolute Gasteiger partial charge is 0.311 e. The molecule has 1 nitrogen and oxygen atoms in total. The Balaban J connectivity index is 1.42. The second-order valence-corrected chi connectivity index (χ2v) is 10.4. The van der Waals surface area contributed by atoms with Crippen LogP contribution in [0.2, 0.25) is 0 Å². The lowest BCUT2D eigenvalue weighted by Gasteiger charge is -2.36. The monoisotopic (exact) mass is 489 g/mol. The van der Waals surface area contributed by atoms with Gasteiger partial charge in [0.05, 0.1) is 5.69 Å². The molecule has 2 aliphatic rings. The van der Waals surface area contributed by atoms with Crippen LogP contribution < -0.4 is 21.3 Å². The number of rotatable bonds is 1. The van der Waals surface area contributed by atoms with Gasteiger partial charge in [0.2, 0.25) is 6.71 Å². The molecular weight excluding hydrogens is 471 g/mol. The first-order valence-corrected chi connectivity index (χ1v) is 12.9. The molecular formula is C34H18BF2N. The summed E-state index contributed by atoms with van der Waals surface area (Å²) in [5.74, 6) is -0.631. The Morgan fingerprint density at radius 2 is 1.24 bits per heavy atom. The van der Waals surface area contributed by atoms with Crippen molar-refractivity contribution in [2.45, 2.75) is 0 Å². The number of fused-ring (bicyclic) bond motifs is 5. The van der Waals surface area contributed by atoms with Crippen LogP contribution in [0, 0.1) is 11.6 Å². The summed E-state index contributed by atoms with van der Waals surface area (Å²) in [5.41, 5.74) is 7.60. The first kappa shape index (κ1) is 20.4. The van der Waals surface area contributed by atoms with Crippen LogP contribution in [-0.2, 0) is 0 Å². The van der Waals surface area contributed by atoms with E-state index >= 15 is 4.39 Å². The van der Waals surface area contributed by atoms with Gasteiger partial charge < -0.3 is 4.90 Å². The van der Waals surface area contributed by atoms with Gasteiger partial charge in [0.1, 0.15) is 11.6 Å². The lowest BCUT2D eigenvalue weighted by Crippen LogP contribution is -2.54. The molecule has 0 fully saturated rings. The molecule has 0 unspecified atom stereocenters. The molecule has 0 atom stereocenters. The summed E-state index contributed by atoms with van der Waals surface area (Å²) in [5, 5.41) is 7.20. The van der Waals surface area contributed by atoms with Crippen molar-refractivity contribution in [1.29, 1.82) is 0 Å². The number of benzene rings is 7. The van der Waals surface area contributed by atoms with Crippen molar-refractivity contribution in [3.63, 3.8) is 0 Å². The van der Waals surface area contributed by atoms with Crippen LogP contribution in [0.5, 0.6) is 0 Å². The summed E-state index contributed by atoms with van der Waals surface area (Å²) in [4.78, 5) is 2.21. The summed E-state index contributed by atoms with van der Waals surface area (Å²) in [6, 6.07) is 35.9. The molecule has 0 bridgehead atoms. The zero-order valence-electron chi connectivity index (χ0n) is 20.2. The maximum absolute atomic E-state index is 15.3. The number of anilines is 3. The Morgan fingerprint density at radius 1 is 0.500 bits per heavy atom. The van der Waals surface area contributed by atoms with E-state index in [1.165, 1.54) is 33.0 Å². The predicted octanol–water partition coefficient (Wildman–Crippen LogP) is 7.14. The maximum atomic E-state index is 15.3. The van der Waals surface area contributed by atoms with Crippen molar-refractivity contribution in [3.8, 4) is 11.1 Å². The van der Waals surface area contributed by atoms with Crippen LogP contribution in [-0.4, -0.2) is 6.71 Å². The van der Waals surface area contributed by atoms with Gasteiger partial charge in [0.25, 0.3) is 0 Å². The van der Waals surface area contributed by atoms with Crippen molar-refractivity contribution < 1.29 is 8.78 Å². The highest BCUT2D eigenvalue weighted by Gasteiger charge is 2.43. The van der Waals surface area contributed by atoms with E-state index in [0.29, 0.717) is 0 Å². The van der Waals surface area contributed by atoms with E-state index in [2.05, 4.69) is 77.7 Å². The van der Waals surface area contributed by atoms with Crippen molar-refractivity contribution in [3.05, 3.63) is 121 Å². The highest BCUT2D eigenvalue weighted by Crippen LogP contribution is 2.46. The number of para-hydroxylation sites is 1. The van der Waals surface area contributed by atoms with E-state index in [1.54, 1.807) is 18.2 Å². The van der Waals surface area contributed by atoms with Gasteiger partial charge in [-0.2, -0.15) is 0 Å². The average Bonchev–Trinajstić information content (AvgIpc) is 3.26. The minimum Gasteiger partial charge on any atom is -0.311 e. The number of halogens is 2. The van der Waals surface area contributed by atoms with Crippen LogP contribution in [0.1, 0.15) is 0 Å². The fourth-order valence-electron chi connectivity index (χ4n) is 7.05. The van der Waals surface area contributed by atoms with Crippen LogP contribution in [0.4, 0.5) is 25.8 Å². The maximum Gasteiger partial charge on any atom is 0.248 e. The molecule has 38 heavy (non-hydrogen) atoms. The predicted molar refractivity (Wildman–Crippen MR) is 155 cm³/mol. The van der Waals surface area contributed by atoms with E-state index in [4.69, 9.17) is 0 Å². The molecule has 0 saturated carbocycles. The Bertz CT molecular complexity index is 2120. The smallest absolute Gasteiger partial charge is 0.248 e. The van der Waals surface area contributed by atoms with Crippen molar-refractivity contribution in [2.75, 3.05) is 4.90 Å². The summed E-state index contributed by atoms with van der Waals surface area (Å²) in [7, 11) is 0. The summed E-state index contributed by atoms with van der Waals surface area (Å²) >= 11 is 0. The van der Waals surface area contributed by atoms with E-state index in [-0.39, 0.29) is 18.3 Å². The Kier molecular flexibility index (Phi) is 3.75. The van der Waals surface area contributed by atoms with E-state index < -0.39 is 0 Å². The third-order valence-corrected chi connectivity index (χ3v) is 8.50. The number of hydrogen-bond acceptors (Lipinski definition) is 1. The minimum atomic E-state index is -0.322. The molecule has 0 N–H and O–H groups in total. The molecule has 7 aromatic rings. The van der Waals surface area contributed by atoms with Crippen LogP contribution in [0.25, 0.3) is 43.4 Å². The second kappa shape index (κ2) is 6.99. The minimum absolute atomic E-state index is 0.0663. The van der Waals surface area contributed by atoms with Crippen molar-refractivity contribution >= 4 is 72.5 Å². The molecule has 2 heterocycles. The highest BCUT2D eigenvalue weighted by molar-refractivity contribution is 7.01. The van der Waals surface area contributed by atoms with Crippen LogP contribution in [0.15, 0.2) is 109 Å². The lowest BCUT2D eigenvalue weighted by molar-refractivity contribution is 0.626. The summed E-state index contributed by atoms with van der Waals surface area (Å²) in [6.45, 7) is -0.0663. The molecule has 2 aliphatic heterocycles. The molecule has 9 rings (SSSR count). The number of nitrogens with zero attached hydrogens (tertiary/aromatic N) is 1. The van der Waals surface area contributed by atoms with Gasteiger partial charge in [-0.05, 0) is 85.4 Å². The quantitative estimate of drug-likeness (QED) is 0.175. The number of hydrogen-bond donors (Lipinski definition) is 0. The highest BCUT2D eigenvalue weighted by atomic mass is 19.1. The Hall–Kier alpha value is -4.70. The fourth-order valence-corrected chi connectivity index (χ4v) is 7.05. The van der Waals surface area contributed by atoms with Gasteiger partial charge >= 0.3 is 0 Å². The normalized spacial score (nSPS) is 13.4. The molecule has 0 amide bonds. The molecule has 176 valence electrons. The van der Waals surface area contributed by atoms with Gasteiger partial charge in [0, 0.05) is 16.8 Å². The first-order chi connectivity index (χ1) is 18.7. The van der Waals surface area contributed by atoms with Crippen molar-refractivity contribution in [1.82, 2.24) is 0 Å². The van der Waals surface area contributed by atoms with Gasteiger partial charge in [-0.1, -0.05) is 78.3 Å². The topological polar surface area (TPSA) is 3.24 Å². The van der Waals surface area contributed by atoms with Crippen molar-refractivity contribution in [2.24, 2.45) is 0 Å². The van der Waals surface area contributed by atoms with Gasteiger partial charge in [-0.25, -0.2) is 8.78 Å². The third-order valence-electron chi connectivity index (χ3n) is 8.50. The van der Waals surface area contributed by atoms with Crippen LogP contribution >= 0.6 is 0 Å². The van der Waals surface area contributed by atoms with Gasteiger partial charge in [-0.3, -0.25) is 0 Å². The molecule has 0 spiro atoms. The molecule has 0 radical (unpaired) electrons. The lowest BCUT2D eigenvalue weighted by atomic mass is 9.37. The SMILES string of the molecule is Fc1ccc2c(c1)-c1cc(F)cc3c1B2c1ccccc1N3c1ccc2ccc3cccc4ccc1c2c34. The van der Waals surface area contributed by atoms with Gasteiger partial charge in [-0.15, -0.1) is 0 Å². The molecule has 0 aliphatic carbocycles. The average molecular weight is 489 g/mol. The summed E-state index contributed by atoms with van der Waals surface area (Å²) in [6.07, 6.45) is 0. The Morgan fingerprint density at radius 3 is 2.11 bits per heavy atom. The Labute approximate surface area is 218 Å². The molecule has 4 heteroatoms. The van der Waals surface area contributed by atoms with E-state index in [0.717, 1.165) is 50.0 Å². The fraction of sp³-hybridized carbons (Fsp3) is 0. The second-order valence-electron chi connectivity index (χ2n) is 10.4. The van der Waals surface area contributed by atoms with Crippen LogP contribution in [0.3, 0.4) is 0 Å². The molecule has 0 aromatic heterocycles. The standard InChI is InChI=1S/C34H18BF2N/c36-22-12-14-27-25(16-22)26-17-23(37)18-31-34(26)35(27)28-6-1-2-7-30(28)38(31)29-15-11-21-9-8-19-4-3-5-20-10-13-24(29)33(21)32(19)20/h1-18H. The summed E-state index contributed by atoms with van der Waals surface area (Å²) < 4.78 is 29.7. The third kappa shape index (κ3) is 2.45.